The zero-order valence-corrected chi connectivity index (χ0v) is 14.1. The minimum atomic E-state index is -0.242. The van der Waals surface area contributed by atoms with E-state index in [4.69, 9.17) is 5.73 Å². The number of rotatable bonds is 4. The van der Waals surface area contributed by atoms with Crippen LogP contribution >= 0.6 is 0 Å². The number of nitrogens with two attached hydrogens (primary N) is 1. The Labute approximate surface area is 147 Å². The van der Waals surface area contributed by atoms with Crippen molar-refractivity contribution in [3.63, 3.8) is 0 Å². The summed E-state index contributed by atoms with van der Waals surface area (Å²) in [5.74, 6) is -0.151. The number of fused-ring (bicyclic) bond motifs is 1. The monoisotopic (exact) mass is 335 g/mol. The third-order valence-corrected chi connectivity index (χ3v) is 5.12. The van der Waals surface area contributed by atoms with Gasteiger partial charge >= 0.3 is 0 Å². The first-order chi connectivity index (χ1) is 12.2. The van der Waals surface area contributed by atoms with Gasteiger partial charge in [-0.1, -0.05) is 18.2 Å². The van der Waals surface area contributed by atoms with Gasteiger partial charge in [-0.15, -0.1) is 0 Å². The normalized spacial score (nSPS) is 15.0. The topological polar surface area (TPSA) is 54.7 Å². The molecule has 0 spiro atoms. The molecule has 2 aromatic carbocycles. The molecule has 3 aromatic rings. The summed E-state index contributed by atoms with van der Waals surface area (Å²) in [7, 11) is 0. The Balaban J connectivity index is 1.64. The Bertz CT molecular complexity index is 867. The number of aromatic nitrogens is 2. The summed E-state index contributed by atoms with van der Waals surface area (Å²) >= 11 is 0. The highest BCUT2D eigenvalue weighted by Crippen LogP contribution is 2.30. The standard InChI is InChI=1S/C21H22FN3/c22-18-9-7-15(8-10-18)20-12-21(25-24-20)19(13-23)17-6-5-14-3-1-2-4-16(14)11-17/h5-12,19H,1-4,13,23H2,(H,24,25). The second-order valence-electron chi connectivity index (χ2n) is 6.74. The van der Waals surface area contributed by atoms with E-state index >= 15 is 0 Å². The molecular formula is C21H22FN3. The van der Waals surface area contributed by atoms with Crippen LogP contribution in [0.3, 0.4) is 0 Å². The Morgan fingerprint density at radius 3 is 2.52 bits per heavy atom. The van der Waals surface area contributed by atoms with E-state index in [1.807, 2.05) is 6.07 Å². The number of benzene rings is 2. The van der Waals surface area contributed by atoms with E-state index in [1.165, 1.54) is 48.1 Å². The number of aryl methyl sites for hydroxylation is 2. The molecule has 4 rings (SSSR count). The van der Waals surface area contributed by atoms with Gasteiger partial charge in [0.15, 0.2) is 0 Å². The molecule has 0 radical (unpaired) electrons. The third kappa shape index (κ3) is 3.22. The molecule has 1 atom stereocenters. The van der Waals surface area contributed by atoms with Gasteiger partial charge in [-0.25, -0.2) is 4.39 Å². The van der Waals surface area contributed by atoms with Gasteiger partial charge < -0.3 is 5.73 Å². The zero-order chi connectivity index (χ0) is 17.2. The van der Waals surface area contributed by atoms with Crippen molar-refractivity contribution in [2.24, 2.45) is 5.73 Å². The van der Waals surface area contributed by atoms with Gasteiger partial charge in [-0.3, -0.25) is 5.10 Å². The van der Waals surface area contributed by atoms with Gasteiger partial charge in [0, 0.05) is 23.7 Å². The van der Waals surface area contributed by atoms with Gasteiger partial charge in [-0.2, -0.15) is 5.10 Å². The lowest BCUT2D eigenvalue weighted by molar-refractivity contribution is 0.628. The van der Waals surface area contributed by atoms with E-state index in [-0.39, 0.29) is 11.7 Å². The molecule has 1 aliphatic carbocycles. The van der Waals surface area contributed by atoms with Crippen molar-refractivity contribution < 1.29 is 4.39 Å². The molecule has 1 aromatic heterocycles. The third-order valence-electron chi connectivity index (χ3n) is 5.12. The number of H-pyrrole nitrogens is 1. The Morgan fingerprint density at radius 1 is 1.00 bits per heavy atom. The van der Waals surface area contributed by atoms with Crippen LogP contribution < -0.4 is 5.73 Å². The fourth-order valence-electron chi connectivity index (χ4n) is 3.70. The predicted octanol–water partition coefficient (Wildman–Crippen LogP) is 4.19. The number of halogens is 1. The van der Waals surface area contributed by atoms with Crippen LogP contribution in [0.25, 0.3) is 11.3 Å². The van der Waals surface area contributed by atoms with Crippen LogP contribution in [-0.2, 0) is 12.8 Å². The van der Waals surface area contributed by atoms with E-state index in [9.17, 15) is 4.39 Å². The molecule has 1 unspecified atom stereocenters. The first-order valence-corrected chi connectivity index (χ1v) is 8.87. The number of hydrogen-bond acceptors (Lipinski definition) is 2. The molecule has 0 bridgehead atoms. The summed E-state index contributed by atoms with van der Waals surface area (Å²) in [5.41, 5.74) is 13.0. The van der Waals surface area contributed by atoms with Gasteiger partial charge in [0.2, 0.25) is 0 Å². The van der Waals surface area contributed by atoms with E-state index in [2.05, 4.69) is 28.4 Å². The van der Waals surface area contributed by atoms with E-state index in [0.717, 1.165) is 23.4 Å². The highest BCUT2D eigenvalue weighted by Gasteiger charge is 2.18. The van der Waals surface area contributed by atoms with Crippen molar-refractivity contribution in [1.29, 1.82) is 0 Å². The molecule has 1 heterocycles. The Hall–Kier alpha value is -2.46. The Morgan fingerprint density at radius 2 is 1.76 bits per heavy atom. The van der Waals surface area contributed by atoms with E-state index in [1.54, 1.807) is 12.1 Å². The molecule has 0 saturated heterocycles. The fourth-order valence-corrected chi connectivity index (χ4v) is 3.70. The fraction of sp³-hybridized carbons (Fsp3) is 0.286. The second kappa shape index (κ2) is 6.81. The summed E-state index contributed by atoms with van der Waals surface area (Å²) < 4.78 is 13.1. The maximum atomic E-state index is 13.1. The Kier molecular flexibility index (Phi) is 4.36. The smallest absolute Gasteiger partial charge is 0.123 e. The molecule has 0 fully saturated rings. The molecule has 0 amide bonds. The average Bonchev–Trinajstić information content (AvgIpc) is 3.12. The maximum absolute atomic E-state index is 13.1. The first kappa shape index (κ1) is 16.0. The summed E-state index contributed by atoms with van der Waals surface area (Å²) in [5, 5.41) is 7.52. The van der Waals surface area contributed by atoms with E-state index < -0.39 is 0 Å². The maximum Gasteiger partial charge on any atom is 0.123 e. The first-order valence-electron chi connectivity index (χ1n) is 8.87. The zero-order valence-electron chi connectivity index (χ0n) is 14.1. The molecule has 128 valence electrons. The lowest BCUT2D eigenvalue weighted by Crippen LogP contribution is -2.15. The van der Waals surface area contributed by atoms with Crippen molar-refractivity contribution in [1.82, 2.24) is 10.2 Å². The average molecular weight is 335 g/mol. The molecule has 3 N–H and O–H groups in total. The SMILES string of the molecule is NCC(c1ccc2c(c1)CCCC2)c1cc(-c2ccc(F)cc2)n[nH]1. The quantitative estimate of drug-likeness (QED) is 0.751. The van der Waals surface area contributed by atoms with Gasteiger partial charge in [0.05, 0.1) is 5.69 Å². The molecule has 4 heteroatoms. The predicted molar refractivity (Wildman–Crippen MR) is 98.0 cm³/mol. The second-order valence-corrected chi connectivity index (χ2v) is 6.74. The minimum Gasteiger partial charge on any atom is -0.329 e. The number of nitrogens with one attached hydrogen (secondary N) is 1. The largest absolute Gasteiger partial charge is 0.329 e. The van der Waals surface area contributed by atoms with Crippen LogP contribution in [0.5, 0.6) is 0 Å². The molecule has 25 heavy (non-hydrogen) atoms. The lowest BCUT2D eigenvalue weighted by atomic mass is 9.86. The summed E-state index contributed by atoms with van der Waals surface area (Å²) in [6.45, 7) is 0.518. The van der Waals surface area contributed by atoms with Crippen LogP contribution in [-0.4, -0.2) is 16.7 Å². The van der Waals surface area contributed by atoms with Crippen LogP contribution in [0, 0.1) is 5.82 Å². The van der Waals surface area contributed by atoms with Crippen molar-refractivity contribution in [3.05, 3.63) is 76.7 Å². The van der Waals surface area contributed by atoms with Gasteiger partial charge in [0.1, 0.15) is 5.82 Å². The van der Waals surface area contributed by atoms with Crippen molar-refractivity contribution in [2.45, 2.75) is 31.6 Å². The highest BCUT2D eigenvalue weighted by atomic mass is 19.1. The van der Waals surface area contributed by atoms with Gasteiger partial charge in [0.25, 0.3) is 0 Å². The van der Waals surface area contributed by atoms with Crippen LogP contribution in [0.15, 0.2) is 48.5 Å². The number of hydrogen-bond donors (Lipinski definition) is 2. The molecule has 1 aliphatic rings. The van der Waals surface area contributed by atoms with Crippen LogP contribution in [0.4, 0.5) is 4.39 Å². The van der Waals surface area contributed by atoms with Crippen LogP contribution in [0.1, 0.15) is 41.1 Å². The molecule has 0 aliphatic heterocycles. The molecular weight excluding hydrogens is 313 g/mol. The van der Waals surface area contributed by atoms with Crippen molar-refractivity contribution in [3.8, 4) is 11.3 Å². The summed E-state index contributed by atoms with van der Waals surface area (Å²) in [6, 6.07) is 15.2. The van der Waals surface area contributed by atoms with Crippen molar-refractivity contribution in [2.75, 3.05) is 6.54 Å². The highest BCUT2D eigenvalue weighted by molar-refractivity contribution is 5.59. The van der Waals surface area contributed by atoms with Gasteiger partial charge in [-0.05, 0) is 72.7 Å². The molecule has 0 saturated carbocycles. The lowest BCUT2D eigenvalue weighted by Gasteiger charge is -2.20. The molecule has 3 nitrogen and oxygen atoms in total. The van der Waals surface area contributed by atoms with E-state index in [0.29, 0.717) is 6.54 Å². The summed E-state index contributed by atoms with van der Waals surface area (Å²) in [4.78, 5) is 0. The van der Waals surface area contributed by atoms with Crippen LogP contribution in [0.2, 0.25) is 0 Å². The minimum absolute atomic E-state index is 0.0916. The van der Waals surface area contributed by atoms with Crippen molar-refractivity contribution >= 4 is 0 Å². The number of nitrogens with zero attached hydrogens (tertiary/aromatic N) is 1. The summed E-state index contributed by atoms with van der Waals surface area (Å²) in [6.07, 6.45) is 4.89. The number of aromatic amines is 1.